The summed E-state index contributed by atoms with van der Waals surface area (Å²) in [5, 5.41) is 4.47. The van der Waals surface area contributed by atoms with Gasteiger partial charge in [0, 0.05) is 37.7 Å². The number of piperidine rings is 1. The van der Waals surface area contributed by atoms with Crippen LogP contribution >= 0.6 is 11.7 Å². The molecule has 9 heteroatoms. The Labute approximate surface area is 160 Å². The van der Waals surface area contributed by atoms with Crippen LogP contribution < -0.4 is 5.69 Å². The van der Waals surface area contributed by atoms with Gasteiger partial charge in [0.25, 0.3) is 5.91 Å². The van der Waals surface area contributed by atoms with Gasteiger partial charge in [-0.2, -0.15) is 13.8 Å². The number of rotatable bonds is 3. The molecular formula is C18H22N6O2S. The fourth-order valence-corrected chi connectivity index (χ4v) is 4.25. The molecule has 0 bridgehead atoms. The van der Waals surface area contributed by atoms with Gasteiger partial charge in [-0.3, -0.25) is 9.36 Å². The third kappa shape index (κ3) is 3.16. The fourth-order valence-electron chi connectivity index (χ4n) is 3.73. The first-order chi connectivity index (χ1) is 13.0. The first-order valence-electron chi connectivity index (χ1n) is 9.12. The number of aryl methyl sites for hydroxylation is 1. The van der Waals surface area contributed by atoms with Crippen molar-refractivity contribution in [3.8, 4) is 0 Å². The minimum absolute atomic E-state index is 0.0102. The molecule has 0 N–H and O–H groups in total. The molecule has 0 radical (unpaired) electrons. The van der Waals surface area contributed by atoms with Gasteiger partial charge in [0.15, 0.2) is 0 Å². The Morgan fingerprint density at radius 1 is 1.26 bits per heavy atom. The first-order valence-corrected chi connectivity index (χ1v) is 9.85. The van der Waals surface area contributed by atoms with Gasteiger partial charge >= 0.3 is 5.69 Å². The molecule has 0 spiro atoms. The molecule has 8 nitrogen and oxygen atoms in total. The number of hydrogen-bond acceptors (Lipinski definition) is 6. The summed E-state index contributed by atoms with van der Waals surface area (Å²) < 4.78 is 11.5. The molecule has 142 valence electrons. The predicted octanol–water partition coefficient (Wildman–Crippen LogP) is 2.19. The maximum absolute atomic E-state index is 13.0. The number of amides is 1. The van der Waals surface area contributed by atoms with E-state index in [1.54, 1.807) is 23.7 Å². The molecule has 1 fully saturated rings. The van der Waals surface area contributed by atoms with Gasteiger partial charge in [-0.15, -0.1) is 0 Å². The average Bonchev–Trinajstić information content (AvgIpc) is 3.25. The minimum Gasteiger partial charge on any atom is -0.338 e. The Morgan fingerprint density at radius 2 is 2.04 bits per heavy atom. The van der Waals surface area contributed by atoms with Gasteiger partial charge < -0.3 is 4.90 Å². The lowest BCUT2D eigenvalue weighted by Gasteiger charge is -2.32. The van der Waals surface area contributed by atoms with Crippen LogP contribution in [-0.2, 0) is 7.05 Å². The Balaban J connectivity index is 1.60. The summed E-state index contributed by atoms with van der Waals surface area (Å²) in [5.41, 5.74) is 2.07. The lowest BCUT2D eigenvalue weighted by molar-refractivity contribution is 0.0703. The molecule has 1 aliphatic heterocycles. The molecule has 3 aromatic rings. The molecule has 1 aromatic carbocycles. The second-order valence-electron chi connectivity index (χ2n) is 7.29. The Bertz CT molecular complexity index is 1050. The van der Waals surface area contributed by atoms with Crippen LogP contribution in [0.3, 0.4) is 0 Å². The molecule has 4 rings (SSSR count). The monoisotopic (exact) mass is 386 g/mol. The van der Waals surface area contributed by atoms with Crippen molar-refractivity contribution in [2.75, 3.05) is 13.1 Å². The standard InChI is InChI=1S/C18H22N6O2S/c1-11(2)24-16(19-22(3)18(24)26)13-5-4-8-23(10-13)17(25)12-6-7-14-15(9-12)21-27-20-14/h6-7,9,11,13H,4-5,8,10H2,1-3H3. The van der Waals surface area contributed by atoms with Gasteiger partial charge in [-0.25, -0.2) is 9.48 Å². The van der Waals surface area contributed by atoms with E-state index in [-0.39, 0.29) is 23.6 Å². The smallest absolute Gasteiger partial charge is 0.338 e. The van der Waals surface area contributed by atoms with Crippen LogP contribution in [0.1, 0.15) is 54.8 Å². The number of hydrogen-bond donors (Lipinski definition) is 0. The zero-order chi connectivity index (χ0) is 19.1. The Hall–Kier alpha value is -2.55. The van der Waals surface area contributed by atoms with Crippen molar-refractivity contribution in [2.45, 2.75) is 38.6 Å². The highest BCUT2D eigenvalue weighted by Gasteiger charge is 2.30. The van der Waals surface area contributed by atoms with E-state index in [4.69, 9.17) is 0 Å². The summed E-state index contributed by atoms with van der Waals surface area (Å²) in [6.45, 7) is 5.24. The predicted molar refractivity (Wildman–Crippen MR) is 103 cm³/mol. The van der Waals surface area contributed by atoms with Crippen LogP contribution in [0, 0.1) is 0 Å². The molecule has 1 unspecified atom stereocenters. The van der Waals surface area contributed by atoms with E-state index in [1.165, 1.54) is 4.68 Å². The number of likely N-dealkylation sites (tertiary alicyclic amines) is 1. The molecule has 0 saturated carbocycles. The van der Waals surface area contributed by atoms with Crippen LogP contribution in [0.25, 0.3) is 11.0 Å². The highest BCUT2D eigenvalue weighted by molar-refractivity contribution is 7.00. The lowest BCUT2D eigenvalue weighted by Crippen LogP contribution is -2.40. The van der Waals surface area contributed by atoms with Crippen LogP contribution in [-0.4, -0.2) is 47.0 Å². The number of carbonyl (C=O) groups excluding carboxylic acids is 1. The zero-order valence-corrected chi connectivity index (χ0v) is 16.4. The summed E-state index contributed by atoms with van der Waals surface area (Å²) in [6, 6.07) is 5.48. The summed E-state index contributed by atoms with van der Waals surface area (Å²) in [5.74, 6) is 0.821. The minimum atomic E-state index is -0.107. The van der Waals surface area contributed by atoms with E-state index in [9.17, 15) is 9.59 Å². The third-order valence-electron chi connectivity index (χ3n) is 5.07. The Kier molecular flexibility index (Phi) is 4.55. The highest BCUT2D eigenvalue weighted by atomic mass is 32.1. The first kappa shape index (κ1) is 17.8. The van der Waals surface area contributed by atoms with Crippen molar-refractivity contribution in [3.63, 3.8) is 0 Å². The molecule has 2 aromatic heterocycles. The molecule has 3 heterocycles. The van der Waals surface area contributed by atoms with Crippen LogP contribution in [0.15, 0.2) is 23.0 Å². The topological polar surface area (TPSA) is 85.9 Å². The van der Waals surface area contributed by atoms with E-state index in [0.29, 0.717) is 18.7 Å². The number of aromatic nitrogens is 5. The Morgan fingerprint density at radius 3 is 2.81 bits per heavy atom. The van der Waals surface area contributed by atoms with Crippen LogP contribution in [0.2, 0.25) is 0 Å². The van der Waals surface area contributed by atoms with Gasteiger partial charge in [0.05, 0.1) is 11.7 Å². The molecule has 1 atom stereocenters. The summed E-state index contributed by atoms with van der Waals surface area (Å²) in [6.07, 6.45) is 1.81. The van der Waals surface area contributed by atoms with Crippen molar-refractivity contribution in [1.82, 2.24) is 28.0 Å². The lowest BCUT2D eigenvalue weighted by atomic mass is 9.96. The summed E-state index contributed by atoms with van der Waals surface area (Å²) in [7, 11) is 1.67. The van der Waals surface area contributed by atoms with Gasteiger partial charge in [0.2, 0.25) is 0 Å². The van der Waals surface area contributed by atoms with Gasteiger partial charge in [0.1, 0.15) is 16.9 Å². The molecule has 27 heavy (non-hydrogen) atoms. The van der Waals surface area contributed by atoms with Crippen LogP contribution in [0.4, 0.5) is 0 Å². The molecule has 1 amide bonds. The molecule has 1 saturated heterocycles. The van der Waals surface area contributed by atoms with Crippen molar-refractivity contribution in [1.29, 1.82) is 0 Å². The summed E-state index contributed by atoms with van der Waals surface area (Å²) >= 11 is 1.15. The fraction of sp³-hybridized carbons (Fsp3) is 0.500. The highest BCUT2D eigenvalue weighted by Crippen LogP contribution is 2.27. The number of fused-ring (bicyclic) bond motifs is 1. The van der Waals surface area contributed by atoms with Crippen LogP contribution in [0.5, 0.6) is 0 Å². The van der Waals surface area contributed by atoms with E-state index < -0.39 is 0 Å². The number of benzene rings is 1. The van der Waals surface area contributed by atoms with Crippen molar-refractivity contribution in [3.05, 3.63) is 40.1 Å². The zero-order valence-electron chi connectivity index (χ0n) is 15.6. The second kappa shape index (κ2) is 6.88. The van der Waals surface area contributed by atoms with Crippen molar-refractivity contribution >= 4 is 28.7 Å². The average molecular weight is 386 g/mol. The third-order valence-corrected chi connectivity index (χ3v) is 5.63. The number of carbonyl (C=O) groups is 1. The van der Waals surface area contributed by atoms with Gasteiger partial charge in [-0.1, -0.05) is 0 Å². The maximum Gasteiger partial charge on any atom is 0.345 e. The van der Waals surface area contributed by atoms with Crippen molar-refractivity contribution in [2.24, 2.45) is 7.05 Å². The van der Waals surface area contributed by atoms with E-state index in [1.807, 2.05) is 24.8 Å². The summed E-state index contributed by atoms with van der Waals surface area (Å²) in [4.78, 5) is 27.3. The largest absolute Gasteiger partial charge is 0.345 e. The van der Waals surface area contributed by atoms with Gasteiger partial charge in [-0.05, 0) is 44.9 Å². The maximum atomic E-state index is 13.0. The van der Waals surface area contributed by atoms with Crippen molar-refractivity contribution < 1.29 is 4.79 Å². The SMILES string of the molecule is CC(C)n1c(C2CCCN(C(=O)c3ccc4nsnc4c3)C2)nn(C)c1=O. The number of nitrogens with zero attached hydrogens (tertiary/aromatic N) is 6. The van der Waals surface area contributed by atoms with E-state index >= 15 is 0 Å². The second-order valence-corrected chi connectivity index (χ2v) is 7.81. The quantitative estimate of drug-likeness (QED) is 0.689. The van der Waals surface area contributed by atoms with E-state index in [0.717, 1.165) is 41.4 Å². The molecular weight excluding hydrogens is 364 g/mol. The molecule has 1 aliphatic rings. The normalized spacial score (nSPS) is 17.8. The van der Waals surface area contributed by atoms with E-state index in [2.05, 4.69) is 13.8 Å². The molecule has 0 aliphatic carbocycles.